The Morgan fingerprint density at radius 3 is 1.11 bits per heavy atom. The van der Waals surface area contributed by atoms with Gasteiger partial charge in [-0.1, -0.05) is 81.1 Å². The second kappa shape index (κ2) is 25.6. The third kappa shape index (κ3) is 12.1. The molecule has 15 rings (SSSR count). The number of hydrogen-bond donors (Lipinski definition) is 5. The van der Waals surface area contributed by atoms with Crippen molar-refractivity contribution in [1.29, 1.82) is 0 Å². The SMILES string of the molecule is CN1C(=O)C2(CC3(CCCOC3)Oc3ccc(Br)cc32)N=C1N.CN1C(=O)[C@@]2(C[C@@]3(CCCOC3)Oc3ccc(-c4ccc(F)c(Cl)c4)cc32)N=C1N.CN1C(=O)[C@@]2(C[C@]3(CCCOC3)Oc3ccc(-c4ccc(F)c(Cl)c4)cc32)N=C1N.OB(O)c1ccc(F)c(Cl)c1. The van der Waals surface area contributed by atoms with E-state index >= 15 is 0 Å². The molecule has 492 valence electrons. The summed E-state index contributed by atoms with van der Waals surface area (Å²) in [5.74, 6) is 0.425. The Hall–Kier alpha value is -7.46. The van der Waals surface area contributed by atoms with Gasteiger partial charge in [0.15, 0.2) is 34.5 Å². The van der Waals surface area contributed by atoms with E-state index in [9.17, 15) is 27.6 Å². The van der Waals surface area contributed by atoms with Crippen LogP contribution in [0.25, 0.3) is 22.3 Å². The van der Waals surface area contributed by atoms with Crippen LogP contribution in [0, 0.1) is 17.5 Å². The average Bonchev–Trinajstić information content (AvgIpc) is 1.44. The quantitative estimate of drug-likeness (QED) is 0.104. The minimum Gasteiger partial charge on any atom is -0.484 e. The fourth-order valence-electron chi connectivity index (χ4n) is 13.8. The first-order chi connectivity index (χ1) is 44.7. The number of nitrogens with zero attached hydrogens (tertiary/aromatic N) is 6. The molecule has 9 heterocycles. The van der Waals surface area contributed by atoms with Crippen molar-refractivity contribution in [1.82, 2.24) is 14.7 Å². The molecular weight excluding hydrogens is 1350 g/mol. The average molecular weight is 1410 g/mol. The number of amides is 3. The van der Waals surface area contributed by atoms with Gasteiger partial charge >= 0.3 is 7.12 Å². The molecule has 0 bridgehead atoms. The summed E-state index contributed by atoms with van der Waals surface area (Å²) in [6.07, 6.45) is 6.15. The molecule has 8 N–H and O–H groups in total. The molecule has 9 aliphatic rings. The van der Waals surface area contributed by atoms with Crippen molar-refractivity contribution in [2.45, 2.75) is 91.2 Å². The van der Waals surface area contributed by atoms with Gasteiger partial charge in [0.25, 0.3) is 17.7 Å². The van der Waals surface area contributed by atoms with E-state index in [1.54, 1.807) is 45.4 Å². The fourth-order valence-corrected chi connectivity index (χ4v) is 14.7. The fraction of sp³-hybridized carbons (Fsp3) is 0.364. The van der Waals surface area contributed by atoms with E-state index in [0.29, 0.717) is 80.7 Å². The van der Waals surface area contributed by atoms with Crippen molar-refractivity contribution in [3.63, 3.8) is 0 Å². The summed E-state index contributed by atoms with van der Waals surface area (Å²) in [5.41, 5.74) is 18.2. The van der Waals surface area contributed by atoms with Gasteiger partial charge in [-0.15, -0.1) is 0 Å². The van der Waals surface area contributed by atoms with Crippen LogP contribution in [0.3, 0.4) is 0 Å². The zero-order valence-electron chi connectivity index (χ0n) is 51.2. The minimum atomic E-state index is -1.60. The molecule has 0 radical (unpaired) electrons. The van der Waals surface area contributed by atoms with Crippen LogP contribution in [0.2, 0.25) is 15.1 Å². The molecule has 0 aromatic heterocycles. The van der Waals surface area contributed by atoms with Gasteiger partial charge in [-0.05, 0) is 145 Å². The number of benzene rings is 6. The number of rotatable bonds is 3. The Balaban J connectivity index is 0.000000126. The number of carbonyl (C=O) groups excluding carboxylic acids is 3. The van der Waals surface area contributed by atoms with Crippen LogP contribution >= 0.6 is 50.7 Å². The van der Waals surface area contributed by atoms with Crippen LogP contribution in [0.4, 0.5) is 13.2 Å². The van der Waals surface area contributed by atoms with Gasteiger partial charge in [0.2, 0.25) is 0 Å². The molecule has 0 saturated carbocycles. The molecule has 6 aromatic carbocycles. The van der Waals surface area contributed by atoms with E-state index < -0.39 is 58.0 Å². The third-order valence-corrected chi connectivity index (χ3v) is 19.8. The summed E-state index contributed by atoms with van der Waals surface area (Å²) in [5, 5.41) is 17.2. The maximum absolute atomic E-state index is 13.6. The van der Waals surface area contributed by atoms with Crippen molar-refractivity contribution >= 4 is 98.9 Å². The van der Waals surface area contributed by atoms with E-state index in [1.807, 2.05) is 54.6 Å². The first-order valence-electron chi connectivity index (χ1n) is 30.3. The van der Waals surface area contributed by atoms with E-state index in [2.05, 4.69) is 30.9 Å². The van der Waals surface area contributed by atoms with E-state index in [1.165, 1.54) is 39.0 Å². The van der Waals surface area contributed by atoms with E-state index in [4.69, 9.17) is 90.5 Å². The number of carbonyl (C=O) groups is 3. The summed E-state index contributed by atoms with van der Waals surface area (Å²) in [6.45, 7) is 3.34. The van der Waals surface area contributed by atoms with Gasteiger partial charge in [-0.25, -0.2) is 28.1 Å². The van der Waals surface area contributed by atoms with Gasteiger partial charge in [0, 0.05) is 81.4 Å². The summed E-state index contributed by atoms with van der Waals surface area (Å²) in [6, 6.07) is 29.4. The molecule has 3 fully saturated rings. The van der Waals surface area contributed by atoms with Crippen LogP contribution in [-0.4, -0.2) is 145 Å². The van der Waals surface area contributed by atoms with Crippen molar-refractivity contribution in [3.05, 3.63) is 163 Å². The molecule has 94 heavy (non-hydrogen) atoms. The van der Waals surface area contributed by atoms with Crippen LogP contribution in [-0.2, 0) is 45.2 Å². The molecular formula is C66H65BBrCl3F3N9O11. The summed E-state index contributed by atoms with van der Waals surface area (Å²) in [7, 11) is 3.30. The van der Waals surface area contributed by atoms with Crippen LogP contribution in [0.5, 0.6) is 17.2 Å². The Labute approximate surface area is 563 Å². The lowest BCUT2D eigenvalue weighted by atomic mass is 9.74. The van der Waals surface area contributed by atoms with Gasteiger partial charge in [-0.3, -0.25) is 29.1 Å². The number of guanidine groups is 3. The second-order valence-corrected chi connectivity index (χ2v) is 26.9. The summed E-state index contributed by atoms with van der Waals surface area (Å²) in [4.78, 5) is 57.9. The maximum atomic E-state index is 13.6. The van der Waals surface area contributed by atoms with Gasteiger partial charge in [0.1, 0.15) is 51.5 Å². The molecule has 2 unspecified atom stereocenters. The smallest absolute Gasteiger partial charge is 0.484 e. The standard InChI is InChI=1S/2C22H21ClFN3O3.C16H18BrN3O3.C6H5BClFO2/c2*1-27-19(28)22(26-20(27)25)11-21(7-2-8-29-12-21)30-18-6-4-13(9-15(18)22)14-3-5-17(24)16(23)10-14;1-20-13(21)16(19-14(20)18)8-15(5-2-6-22-9-15)23-12-4-3-10(17)7-11(12)16;8-5-3-4(7(10)11)1-2-6(5)9/h2*3-6,9-10H,2,7-8,11-12H2,1H3,(H2,25,26);3-4,7H,2,5-6,8-9H2,1H3,(H2,18,19);1-3,10-11H/t21-,22+;21-,22-;;/m10../s1. The normalized spacial score (nSPS) is 27.0. The molecule has 6 aromatic rings. The zero-order chi connectivity index (χ0) is 66.9. The Bertz CT molecular complexity index is 3970. The number of nitrogens with two attached hydrogens (primary N) is 3. The number of hydrogen-bond acceptors (Lipinski definition) is 17. The molecule has 20 nitrogen and oxygen atoms in total. The zero-order valence-corrected chi connectivity index (χ0v) is 55.1. The maximum Gasteiger partial charge on any atom is 0.488 e. The predicted molar refractivity (Wildman–Crippen MR) is 351 cm³/mol. The Morgan fingerprint density at radius 1 is 0.479 bits per heavy atom. The number of likely N-dealkylation sites (N-methyl/N-ethyl adjacent to an activating group) is 3. The molecule has 28 heteroatoms. The van der Waals surface area contributed by atoms with Crippen molar-refractivity contribution in [3.8, 4) is 39.5 Å². The van der Waals surface area contributed by atoms with Crippen LogP contribution < -0.4 is 36.9 Å². The second-order valence-electron chi connectivity index (χ2n) is 24.8. The highest BCUT2D eigenvalue weighted by atomic mass is 79.9. The van der Waals surface area contributed by atoms with E-state index in [-0.39, 0.29) is 56.1 Å². The first-order valence-corrected chi connectivity index (χ1v) is 32.2. The highest BCUT2D eigenvalue weighted by Gasteiger charge is 2.61. The van der Waals surface area contributed by atoms with Gasteiger partial charge in [-0.2, -0.15) is 0 Å². The largest absolute Gasteiger partial charge is 0.488 e. The summed E-state index contributed by atoms with van der Waals surface area (Å²) < 4.78 is 76.8. The van der Waals surface area contributed by atoms with Crippen LogP contribution in [0.15, 0.2) is 129 Å². The van der Waals surface area contributed by atoms with E-state index in [0.717, 1.165) is 83.5 Å². The molecule has 6 atom stereocenters. The molecule has 0 aliphatic carbocycles. The lowest BCUT2D eigenvalue weighted by Crippen LogP contribution is -2.55. The molecule has 3 saturated heterocycles. The number of aliphatic imine (C=N–C) groups is 3. The van der Waals surface area contributed by atoms with Crippen molar-refractivity contribution in [2.75, 3.05) is 60.8 Å². The number of fused-ring (bicyclic) bond motifs is 6. The van der Waals surface area contributed by atoms with Crippen molar-refractivity contribution < 1.29 is 66.0 Å². The topological polar surface area (TPSA) is 272 Å². The van der Waals surface area contributed by atoms with Gasteiger partial charge in [0.05, 0.1) is 34.9 Å². The number of halogens is 7. The Kier molecular flexibility index (Phi) is 18.1. The minimum absolute atomic E-state index is 0.0356. The first kappa shape index (κ1) is 66.6. The summed E-state index contributed by atoms with van der Waals surface area (Å²) >= 11 is 20.8. The van der Waals surface area contributed by atoms with Crippen LogP contribution in [0.1, 0.15) is 74.5 Å². The van der Waals surface area contributed by atoms with Gasteiger partial charge < -0.3 is 55.7 Å². The molecule has 9 aliphatic heterocycles. The Morgan fingerprint density at radius 2 is 0.798 bits per heavy atom. The molecule has 3 amide bonds. The monoisotopic (exact) mass is 1410 g/mol. The highest BCUT2D eigenvalue weighted by molar-refractivity contribution is 9.10. The molecule has 6 spiro atoms. The third-order valence-electron chi connectivity index (χ3n) is 18.5. The predicted octanol–water partition coefficient (Wildman–Crippen LogP) is 8.84. The van der Waals surface area contributed by atoms with Crippen molar-refractivity contribution in [2.24, 2.45) is 32.2 Å². The lowest BCUT2D eigenvalue weighted by molar-refractivity contribution is -0.139. The highest BCUT2D eigenvalue weighted by Crippen LogP contribution is 2.55. The number of ether oxygens (including phenoxy) is 6. The lowest BCUT2D eigenvalue weighted by Gasteiger charge is -2.46.